The number of methoxy groups -OCH3 is 2. The molecule has 0 spiro atoms. The van der Waals surface area contributed by atoms with E-state index in [0.717, 1.165) is 0 Å². The molecule has 6 nitrogen and oxygen atoms in total. The molecule has 2 aromatic rings. The second kappa shape index (κ2) is 10.2. The average Bonchev–Trinajstić information content (AvgIpc) is 2.72. The fourth-order valence-electron chi connectivity index (χ4n) is 2.58. The number of esters is 1. The molecule has 0 unspecified atom stereocenters. The number of rotatable bonds is 9. The predicted molar refractivity (Wildman–Crippen MR) is 106 cm³/mol. The van der Waals surface area contributed by atoms with Crippen LogP contribution in [0.3, 0.4) is 0 Å². The van der Waals surface area contributed by atoms with Gasteiger partial charge in [0.2, 0.25) is 5.78 Å². The van der Waals surface area contributed by atoms with E-state index < -0.39 is 12.1 Å². The highest BCUT2D eigenvalue weighted by molar-refractivity contribution is 6.01. The zero-order chi connectivity index (χ0) is 20.5. The Kier molecular flexibility index (Phi) is 7.63. The van der Waals surface area contributed by atoms with Gasteiger partial charge in [0.25, 0.3) is 0 Å². The molecule has 2 rings (SSSR count). The van der Waals surface area contributed by atoms with Crippen LogP contribution in [0.25, 0.3) is 6.08 Å². The van der Waals surface area contributed by atoms with Gasteiger partial charge in [0.15, 0.2) is 17.6 Å². The van der Waals surface area contributed by atoms with Gasteiger partial charge in [0.1, 0.15) is 5.75 Å². The Bertz CT molecular complexity index is 839. The van der Waals surface area contributed by atoms with Crippen molar-refractivity contribution in [3.05, 3.63) is 59.7 Å². The molecular weight excluding hydrogens is 360 g/mol. The van der Waals surface area contributed by atoms with Crippen LogP contribution < -0.4 is 14.2 Å². The smallest absolute Gasteiger partial charge is 0.331 e. The van der Waals surface area contributed by atoms with Crippen molar-refractivity contribution in [2.24, 2.45) is 0 Å². The zero-order valence-electron chi connectivity index (χ0n) is 16.4. The maximum Gasteiger partial charge on any atom is 0.331 e. The lowest BCUT2D eigenvalue weighted by atomic mass is 10.1. The summed E-state index contributed by atoms with van der Waals surface area (Å²) in [6.45, 7) is 3.97. The van der Waals surface area contributed by atoms with E-state index in [9.17, 15) is 9.59 Å². The van der Waals surface area contributed by atoms with E-state index in [1.54, 1.807) is 48.5 Å². The van der Waals surface area contributed by atoms with E-state index in [2.05, 4.69) is 0 Å². The Balaban J connectivity index is 2.02. The Morgan fingerprint density at radius 1 is 1.04 bits per heavy atom. The van der Waals surface area contributed by atoms with Gasteiger partial charge in [-0.05, 0) is 50.3 Å². The van der Waals surface area contributed by atoms with E-state index in [1.165, 1.54) is 27.2 Å². The summed E-state index contributed by atoms with van der Waals surface area (Å²) in [5.41, 5.74) is 1.10. The number of ether oxygens (including phenoxy) is 4. The van der Waals surface area contributed by atoms with Crippen LogP contribution in [0.1, 0.15) is 29.8 Å². The number of carbonyl (C=O) groups is 2. The van der Waals surface area contributed by atoms with Gasteiger partial charge in [-0.15, -0.1) is 0 Å². The lowest BCUT2D eigenvalue weighted by Gasteiger charge is -2.12. The molecule has 0 aromatic heterocycles. The van der Waals surface area contributed by atoms with Crippen molar-refractivity contribution in [2.75, 3.05) is 20.8 Å². The first-order valence-electron chi connectivity index (χ1n) is 8.86. The quantitative estimate of drug-likeness (QED) is 0.371. The van der Waals surface area contributed by atoms with Gasteiger partial charge < -0.3 is 18.9 Å². The molecule has 0 bridgehead atoms. The van der Waals surface area contributed by atoms with Crippen molar-refractivity contribution in [1.29, 1.82) is 0 Å². The van der Waals surface area contributed by atoms with Crippen LogP contribution in [0.4, 0.5) is 0 Å². The van der Waals surface area contributed by atoms with E-state index in [-0.39, 0.29) is 5.78 Å². The van der Waals surface area contributed by atoms with E-state index >= 15 is 0 Å². The predicted octanol–water partition coefficient (Wildman–Crippen LogP) is 3.93. The van der Waals surface area contributed by atoms with Crippen LogP contribution in [0.5, 0.6) is 17.2 Å². The van der Waals surface area contributed by atoms with Crippen LogP contribution in [-0.4, -0.2) is 38.7 Å². The molecular formula is C22H24O6. The highest BCUT2D eigenvalue weighted by Gasteiger charge is 2.18. The van der Waals surface area contributed by atoms with Crippen molar-refractivity contribution in [1.82, 2.24) is 0 Å². The maximum absolute atomic E-state index is 12.4. The average molecular weight is 384 g/mol. The van der Waals surface area contributed by atoms with Gasteiger partial charge in [0.05, 0.1) is 20.8 Å². The SMILES string of the molecule is CCOc1ccc(C(=O)[C@H](C)OC(=O)/C=C/c2cccc(OC)c2OC)cc1. The Labute approximate surface area is 164 Å². The second-order valence-corrected chi connectivity index (χ2v) is 5.82. The van der Waals surface area contributed by atoms with Crippen LogP contribution in [0, 0.1) is 0 Å². The summed E-state index contributed by atoms with van der Waals surface area (Å²) in [6.07, 6.45) is 1.89. The highest BCUT2D eigenvalue weighted by Crippen LogP contribution is 2.31. The van der Waals surface area contributed by atoms with Crippen LogP contribution in [0.2, 0.25) is 0 Å². The van der Waals surface area contributed by atoms with Crippen LogP contribution >= 0.6 is 0 Å². The molecule has 2 aromatic carbocycles. The van der Waals surface area contributed by atoms with E-state index in [4.69, 9.17) is 18.9 Å². The fraction of sp³-hybridized carbons (Fsp3) is 0.273. The molecule has 0 saturated carbocycles. The number of ketones is 1. The lowest BCUT2D eigenvalue weighted by molar-refractivity contribution is -0.140. The summed E-state index contributed by atoms with van der Waals surface area (Å²) in [5, 5.41) is 0. The number of hydrogen-bond acceptors (Lipinski definition) is 6. The minimum Gasteiger partial charge on any atom is -0.494 e. The summed E-state index contributed by atoms with van der Waals surface area (Å²) in [7, 11) is 3.05. The third-order valence-electron chi connectivity index (χ3n) is 3.94. The highest BCUT2D eigenvalue weighted by atomic mass is 16.5. The molecule has 0 saturated heterocycles. The summed E-state index contributed by atoms with van der Waals surface area (Å²) in [4.78, 5) is 24.5. The number of para-hydroxylation sites is 1. The Morgan fingerprint density at radius 2 is 1.75 bits per heavy atom. The summed E-state index contributed by atoms with van der Waals surface area (Å²) >= 11 is 0. The Hall–Kier alpha value is -3.28. The number of hydrogen-bond donors (Lipinski definition) is 0. The monoisotopic (exact) mass is 384 g/mol. The standard InChI is InChI=1S/C22H24O6/c1-5-27-18-12-9-16(10-13-18)21(24)15(2)28-20(23)14-11-17-7-6-8-19(25-3)22(17)26-4/h6-15H,5H2,1-4H3/b14-11+/t15-/m0/s1. The molecule has 0 amide bonds. The first kappa shape index (κ1) is 21.0. The molecule has 0 aliphatic rings. The van der Waals surface area contributed by atoms with Crippen LogP contribution in [-0.2, 0) is 9.53 Å². The third-order valence-corrected chi connectivity index (χ3v) is 3.94. The molecule has 28 heavy (non-hydrogen) atoms. The lowest BCUT2D eigenvalue weighted by Crippen LogP contribution is -2.23. The van der Waals surface area contributed by atoms with Crippen molar-refractivity contribution >= 4 is 17.8 Å². The molecule has 0 N–H and O–H groups in total. The first-order chi connectivity index (χ1) is 13.5. The summed E-state index contributed by atoms with van der Waals surface area (Å²) < 4.78 is 21.1. The minimum absolute atomic E-state index is 0.288. The summed E-state index contributed by atoms with van der Waals surface area (Å²) in [5.74, 6) is 0.823. The number of Topliss-reactive ketones (excluding diaryl/α,β-unsaturated/α-hetero) is 1. The number of carbonyl (C=O) groups excluding carboxylic acids is 2. The van der Waals surface area contributed by atoms with Gasteiger partial charge in [-0.3, -0.25) is 4.79 Å². The number of benzene rings is 2. The van der Waals surface area contributed by atoms with Gasteiger partial charge in [0, 0.05) is 17.2 Å². The summed E-state index contributed by atoms with van der Waals surface area (Å²) in [6, 6.07) is 12.0. The van der Waals surface area contributed by atoms with Crippen LogP contribution in [0.15, 0.2) is 48.5 Å². The normalized spacial score (nSPS) is 11.7. The van der Waals surface area contributed by atoms with Gasteiger partial charge in [-0.2, -0.15) is 0 Å². The maximum atomic E-state index is 12.4. The van der Waals surface area contributed by atoms with Crippen molar-refractivity contribution in [3.8, 4) is 17.2 Å². The molecule has 0 fully saturated rings. The molecule has 0 aliphatic heterocycles. The van der Waals surface area contributed by atoms with Crippen molar-refractivity contribution in [3.63, 3.8) is 0 Å². The molecule has 148 valence electrons. The van der Waals surface area contributed by atoms with Gasteiger partial charge >= 0.3 is 5.97 Å². The molecule has 0 radical (unpaired) electrons. The molecule has 0 aliphatic carbocycles. The Morgan fingerprint density at radius 3 is 2.36 bits per heavy atom. The zero-order valence-corrected chi connectivity index (χ0v) is 16.4. The minimum atomic E-state index is -0.915. The molecule has 6 heteroatoms. The largest absolute Gasteiger partial charge is 0.494 e. The second-order valence-electron chi connectivity index (χ2n) is 5.82. The third kappa shape index (κ3) is 5.36. The van der Waals surface area contributed by atoms with Crippen molar-refractivity contribution < 1.29 is 28.5 Å². The molecule has 1 atom stereocenters. The van der Waals surface area contributed by atoms with Gasteiger partial charge in [-0.1, -0.05) is 12.1 Å². The topological polar surface area (TPSA) is 71.1 Å². The van der Waals surface area contributed by atoms with E-state index in [1.807, 2.05) is 6.92 Å². The fourth-order valence-corrected chi connectivity index (χ4v) is 2.58. The van der Waals surface area contributed by atoms with Crippen molar-refractivity contribution in [2.45, 2.75) is 20.0 Å². The molecule has 0 heterocycles. The van der Waals surface area contributed by atoms with Gasteiger partial charge in [-0.25, -0.2) is 4.79 Å². The van der Waals surface area contributed by atoms with E-state index in [0.29, 0.717) is 35.0 Å². The first-order valence-corrected chi connectivity index (χ1v) is 8.86.